The van der Waals surface area contributed by atoms with Crippen molar-refractivity contribution in [2.24, 2.45) is 40.4 Å². The van der Waals surface area contributed by atoms with Crippen LogP contribution in [0.1, 0.15) is 93.4 Å². The maximum Gasteiger partial charge on any atom is 0.309 e. The molecule has 0 amide bonds. The predicted molar refractivity (Wildman–Crippen MR) is 103 cm³/mol. The first kappa shape index (κ1) is 19.2. The first-order valence-corrected chi connectivity index (χ1v) is 10.6. The van der Waals surface area contributed by atoms with Crippen LogP contribution in [0.15, 0.2) is 0 Å². The van der Waals surface area contributed by atoms with Gasteiger partial charge in [-0.2, -0.15) is 0 Å². The molecule has 144 valence electrons. The number of carbonyl (C=O) groups excluding carboxylic acids is 1. The molecule has 0 heterocycles. The topological polar surface area (TPSA) is 26.3 Å². The van der Waals surface area contributed by atoms with Gasteiger partial charge in [-0.15, -0.1) is 0 Å². The van der Waals surface area contributed by atoms with E-state index in [4.69, 9.17) is 4.74 Å². The second-order valence-electron chi connectivity index (χ2n) is 11.7. The maximum atomic E-state index is 13.1. The van der Waals surface area contributed by atoms with Crippen LogP contribution in [0.3, 0.4) is 0 Å². The Kier molecular flexibility index (Phi) is 4.83. The second kappa shape index (κ2) is 6.27. The molecule has 0 spiro atoms. The van der Waals surface area contributed by atoms with Crippen LogP contribution < -0.4 is 0 Å². The van der Waals surface area contributed by atoms with Gasteiger partial charge in [0.15, 0.2) is 0 Å². The molecule has 4 aliphatic carbocycles. The van der Waals surface area contributed by atoms with E-state index in [1.165, 1.54) is 38.5 Å². The Balaban J connectivity index is 1.75. The highest BCUT2D eigenvalue weighted by Crippen LogP contribution is 2.64. The molecule has 2 heteroatoms. The Labute approximate surface area is 155 Å². The number of carbonyl (C=O) groups is 1. The highest BCUT2D eigenvalue weighted by Gasteiger charge is 2.59. The summed E-state index contributed by atoms with van der Waals surface area (Å²) in [5.74, 6) is 3.05. The zero-order valence-corrected chi connectivity index (χ0v) is 17.7. The molecule has 0 radical (unpaired) electrons. The van der Waals surface area contributed by atoms with Crippen molar-refractivity contribution in [3.05, 3.63) is 0 Å². The highest BCUT2D eigenvalue weighted by molar-refractivity contribution is 5.73. The van der Waals surface area contributed by atoms with Gasteiger partial charge in [0.1, 0.15) is 5.60 Å². The van der Waals surface area contributed by atoms with Gasteiger partial charge in [0.25, 0.3) is 0 Å². The van der Waals surface area contributed by atoms with Crippen molar-refractivity contribution in [1.29, 1.82) is 0 Å². The normalized spacial score (nSPS) is 35.9. The maximum absolute atomic E-state index is 13.1. The van der Waals surface area contributed by atoms with Gasteiger partial charge in [-0.1, -0.05) is 34.6 Å². The smallest absolute Gasteiger partial charge is 0.309 e. The third-order valence-electron chi connectivity index (χ3n) is 7.61. The summed E-state index contributed by atoms with van der Waals surface area (Å²) in [7, 11) is 0. The van der Waals surface area contributed by atoms with E-state index in [0.29, 0.717) is 5.92 Å². The highest BCUT2D eigenvalue weighted by atomic mass is 16.6. The summed E-state index contributed by atoms with van der Waals surface area (Å²) in [6.07, 6.45) is 9.05. The number of rotatable bonds is 5. The zero-order valence-electron chi connectivity index (χ0n) is 17.7. The van der Waals surface area contributed by atoms with E-state index in [9.17, 15) is 4.79 Å². The number of esters is 1. The molecule has 4 aliphatic rings. The van der Waals surface area contributed by atoms with E-state index in [-0.39, 0.29) is 28.3 Å². The van der Waals surface area contributed by atoms with Crippen molar-refractivity contribution in [3.8, 4) is 0 Å². The van der Waals surface area contributed by atoms with E-state index in [1.54, 1.807) is 0 Å². The molecule has 0 N–H and O–H groups in total. The molecule has 0 aromatic rings. The van der Waals surface area contributed by atoms with Crippen LogP contribution in [0.25, 0.3) is 0 Å². The van der Waals surface area contributed by atoms with Crippen molar-refractivity contribution in [2.45, 2.75) is 99.0 Å². The third kappa shape index (κ3) is 3.78. The number of ether oxygens (including phenoxy) is 1. The van der Waals surface area contributed by atoms with Gasteiger partial charge in [0, 0.05) is 5.41 Å². The molecule has 4 fully saturated rings. The average Bonchev–Trinajstić information content (AvgIpc) is 2.41. The molecule has 0 saturated heterocycles. The van der Waals surface area contributed by atoms with Crippen LogP contribution in [0.2, 0.25) is 0 Å². The summed E-state index contributed by atoms with van der Waals surface area (Å²) >= 11 is 0. The van der Waals surface area contributed by atoms with Crippen molar-refractivity contribution >= 4 is 5.97 Å². The Bertz CT molecular complexity index is 473. The van der Waals surface area contributed by atoms with Crippen LogP contribution in [0.4, 0.5) is 0 Å². The van der Waals surface area contributed by atoms with Crippen LogP contribution in [0.5, 0.6) is 0 Å². The largest absolute Gasteiger partial charge is 0.459 e. The Morgan fingerprint density at radius 1 is 0.960 bits per heavy atom. The second-order valence-corrected chi connectivity index (χ2v) is 11.7. The molecular formula is C23H40O2. The molecule has 0 aliphatic heterocycles. The lowest BCUT2D eigenvalue weighted by Crippen LogP contribution is -2.57. The summed E-state index contributed by atoms with van der Waals surface area (Å²) in [5.41, 5.74) is 0.0601. The number of hydrogen-bond donors (Lipinski definition) is 0. The molecule has 4 bridgehead atoms. The Hall–Kier alpha value is -0.530. The number of hydrogen-bond acceptors (Lipinski definition) is 2. The third-order valence-corrected chi connectivity index (χ3v) is 7.61. The monoisotopic (exact) mass is 348 g/mol. The van der Waals surface area contributed by atoms with Crippen molar-refractivity contribution in [2.75, 3.05) is 0 Å². The molecule has 0 aromatic heterocycles. The minimum atomic E-state index is -0.328. The fraction of sp³-hybridized carbons (Fsp3) is 0.957. The van der Waals surface area contributed by atoms with Gasteiger partial charge in [-0.3, -0.25) is 4.79 Å². The Morgan fingerprint density at radius 3 is 1.76 bits per heavy atom. The fourth-order valence-electron chi connectivity index (χ4n) is 6.53. The summed E-state index contributed by atoms with van der Waals surface area (Å²) in [6.45, 7) is 15.4. The summed E-state index contributed by atoms with van der Waals surface area (Å²) in [4.78, 5) is 13.1. The first-order chi connectivity index (χ1) is 11.4. The molecule has 0 aromatic carbocycles. The first-order valence-electron chi connectivity index (χ1n) is 10.6. The minimum absolute atomic E-state index is 0.00758. The van der Waals surface area contributed by atoms with E-state index < -0.39 is 0 Å². The van der Waals surface area contributed by atoms with Gasteiger partial charge in [0.05, 0.1) is 5.92 Å². The van der Waals surface area contributed by atoms with Crippen molar-refractivity contribution < 1.29 is 9.53 Å². The van der Waals surface area contributed by atoms with Gasteiger partial charge < -0.3 is 4.74 Å². The van der Waals surface area contributed by atoms with E-state index in [1.807, 2.05) is 0 Å². The summed E-state index contributed by atoms with van der Waals surface area (Å²) in [6, 6.07) is 0. The predicted octanol–water partition coefficient (Wildman–Crippen LogP) is 6.23. The van der Waals surface area contributed by atoms with Crippen LogP contribution in [-0.4, -0.2) is 11.6 Å². The van der Waals surface area contributed by atoms with E-state index >= 15 is 0 Å². The van der Waals surface area contributed by atoms with E-state index in [0.717, 1.165) is 24.2 Å². The molecule has 1 unspecified atom stereocenters. The molecule has 4 saturated carbocycles. The average molecular weight is 349 g/mol. The SMILES string of the molecule is CC(C)C(CC(C)(C)C)C(=O)OC(C)(C)C12CC3CC(CC(C3)C1)C2. The van der Waals surface area contributed by atoms with Crippen LogP contribution in [0, 0.1) is 40.4 Å². The summed E-state index contributed by atoms with van der Waals surface area (Å²) in [5, 5.41) is 0. The molecule has 2 nitrogen and oxygen atoms in total. The standard InChI is InChI=1S/C23H40O2/c1-15(2)19(14-21(3,4)5)20(24)25-22(6,7)23-11-16-8-17(12-23)10-18(9-16)13-23/h15-19H,8-14H2,1-7H3. The fourth-order valence-corrected chi connectivity index (χ4v) is 6.53. The molecule has 25 heavy (non-hydrogen) atoms. The van der Waals surface area contributed by atoms with Gasteiger partial charge in [-0.25, -0.2) is 0 Å². The summed E-state index contributed by atoms with van der Waals surface area (Å²) < 4.78 is 6.35. The molecular weight excluding hydrogens is 308 g/mol. The minimum Gasteiger partial charge on any atom is -0.459 e. The van der Waals surface area contributed by atoms with E-state index in [2.05, 4.69) is 48.5 Å². The molecule has 4 rings (SSSR count). The molecule has 1 atom stereocenters. The lowest BCUT2D eigenvalue weighted by atomic mass is 9.46. The van der Waals surface area contributed by atoms with Crippen molar-refractivity contribution in [1.82, 2.24) is 0 Å². The van der Waals surface area contributed by atoms with Crippen molar-refractivity contribution in [3.63, 3.8) is 0 Å². The van der Waals surface area contributed by atoms with Gasteiger partial charge in [-0.05, 0) is 87.9 Å². The lowest BCUT2D eigenvalue weighted by Gasteiger charge is -2.61. The quantitative estimate of drug-likeness (QED) is 0.550. The van der Waals surface area contributed by atoms with Crippen LogP contribution >= 0.6 is 0 Å². The van der Waals surface area contributed by atoms with Gasteiger partial charge >= 0.3 is 5.97 Å². The zero-order chi connectivity index (χ0) is 18.6. The van der Waals surface area contributed by atoms with Gasteiger partial charge in [0.2, 0.25) is 0 Å². The lowest BCUT2D eigenvalue weighted by molar-refractivity contribution is -0.204. The van der Waals surface area contributed by atoms with Crippen LogP contribution in [-0.2, 0) is 9.53 Å². The Morgan fingerprint density at radius 2 is 1.40 bits per heavy atom.